The largest absolute Gasteiger partial charge is 0.494 e. The molecule has 1 aliphatic carbocycles. The van der Waals surface area contributed by atoms with Crippen LogP contribution in [0, 0.1) is 6.92 Å². The SMILES string of the molecule is COc1cc(N(C)CC2(NC(=O)OC(C)(C)C)CC2)c(N)cc1Nc1ncc(C)c(-c2c[nH]c3ccccc23)n1. The van der Waals surface area contributed by atoms with Gasteiger partial charge in [0.15, 0.2) is 0 Å². The Morgan fingerprint density at radius 3 is 2.67 bits per heavy atom. The molecule has 4 aromatic rings. The number of H-pyrrole nitrogens is 1. The number of carbonyl (C=O) groups is 1. The number of ether oxygens (including phenoxy) is 2. The third-order valence-corrected chi connectivity index (χ3v) is 6.98. The van der Waals surface area contributed by atoms with Crippen molar-refractivity contribution in [3.05, 3.63) is 54.4 Å². The van der Waals surface area contributed by atoms with Crippen LogP contribution in [-0.2, 0) is 4.74 Å². The number of carbonyl (C=O) groups excluding carboxylic acids is 1. The maximum atomic E-state index is 12.4. The van der Waals surface area contributed by atoms with E-state index in [-0.39, 0.29) is 5.54 Å². The van der Waals surface area contributed by atoms with Crippen LogP contribution in [0.5, 0.6) is 5.75 Å². The average molecular weight is 544 g/mol. The van der Waals surface area contributed by atoms with Gasteiger partial charge in [0.1, 0.15) is 11.4 Å². The summed E-state index contributed by atoms with van der Waals surface area (Å²) in [6.07, 6.45) is 5.11. The minimum absolute atomic E-state index is 0.345. The molecule has 2 aromatic heterocycles. The number of fused-ring (bicyclic) bond motifs is 1. The number of hydrogen-bond donors (Lipinski definition) is 4. The molecule has 0 bridgehead atoms. The normalized spacial score (nSPS) is 14.1. The van der Waals surface area contributed by atoms with E-state index in [0.29, 0.717) is 29.6 Å². The zero-order chi connectivity index (χ0) is 28.7. The van der Waals surface area contributed by atoms with E-state index >= 15 is 0 Å². The van der Waals surface area contributed by atoms with Crippen molar-refractivity contribution >= 4 is 40.0 Å². The Hall–Kier alpha value is -4.47. The van der Waals surface area contributed by atoms with Gasteiger partial charge in [0.2, 0.25) is 5.95 Å². The molecule has 0 unspecified atom stereocenters. The summed E-state index contributed by atoms with van der Waals surface area (Å²) in [6.45, 7) is 8.14. The first-order valence-corrected chi connectivity index (χ1v) is 13.3. The number of nitrogens with one attached hydrogen (secondary N) is 3. The van der Waals surface area contributed by atoms with Crippen LogP contribution in [0.1, 0.15) is 39.2 Å². The van der Waals surface area contributed by atoms with Gasteiger partial charge in [-0.25, -0.2) is 14.8 Å². The van der Waals surface area contributed by atoms with E-state index in [1.807, 2.05) is 76.2 Å². The molecule has 0 aliphatic heterocycles. The summed E-state index contributed by atoms with van der Waals surface area (Å²) in [5.74, 6) is 1.03. The second-order valence-electron chi connectivity index (χ2n) is 11.5. The third kappa shape index (κ3) is 5.75. The first-order chi connectivity index (χ1) is 19.0. The Kier molecular flexibility index (Phi) is 6.95. The van der Waals surface area contributed by atoms with Gasteiger partial charge in [-0.2, -0.15) is 0 Å². The summed E-state index contributed by atoms with van der Waals surface area (Å²) in [7, 11) is 3.56. The molecule has 0 spiro atoms. The number of benzene rings is 2. The lowest BCUT2D eigenvalue weighted by Crippen LogP contribution is -2.46. The fourth-order valence-corrected chi connectivity index (χ4v) is 4.88. The van der Waals surface area contributed by atoms with E-state index in [0.717, 1.165) is 46.3 Å². The molecule has 0 radical (unpaired) electrons. The Balaban J connectivity index is 1.36. The Morgan fingerprint density at radius 1 is 1.23 bits per heavy atom. The second kappa shape index (κ2) is 10.3. The molecule has 0 atom stereocenters. The molecule has 0 saturated heterocycles. The lowest BCUT2D eigenvalue weighted by Gasteiger charge is -2.29. The highest BCUT2D eigenvalue weighted by Crippen LogP contribution is 2.41. The smallest absolute Gasteiger partial charge is 0.408 e. The van der Waals surface area contributed by atoms with E-state index in [1.54, 1.807) is 13.3 Å². The number of para-hydroxylation sites is 1. The Bertz CT molecular complexity index is 1550. The molecule has 10 heteroatoms. The number of alkyl carbamates (subject to hydrolysis) is 1. The quantitative estimate of drug-likeness (QED) is 0.206. The van der Waals surface area contributed by atoms with Crippen LogP contribution in [-0.4, -0.2) is 52.9 Å². The van der Waals surface area contributed by atoms with E-state index in [2.05, 4.69) is 26.7 Å². The molecule has 10 nitrogen and oxygen atoms in total. The molecule has 40 heavy (non-hydrogen) atoms. The number of likely N-dealkylation sites (N-methyl/N-ethyl adjacent to an activating group) is 1. The highest BCUT2D eigenvalue weighted by Gasteiger charge is 2.46. The van der Waals surface area contributed by atoms with Crippen molar-refractivity contribution in [1.82, 2.24) is 20.3 Å². The summed E-state index contributed by atoms with van der Waals surface area (Å²) >= 11 is 0. The zero-order valence-corrected chi connectivity index (χ0v) is 23.9. The third-order valence-electron chi connectivity index (χ3n) is 6.98. The number of methoxy groups -OCH3 is 1. The summed E-state index contributed by atoms with van der Waals surface area (Å²) in [6, 6.07) is 11.8. The zero-order valence-electron chi connectivity index (χ0n) is 23.9. The predicted octanol–water partition coefficient (Wildman–Crippen LogP) is 5.76. The molecule has 1 aliphatic rings. The summed E-state index contributed by atoms with van der Waals surface area (Å²) in [5.41, 5.74) is 11.5. The van der Waals surface area contributed by atoms with E-state index in [9.17, 15) is 4.79 Å². The lowest BCUT2D eigenvalue weighted by atomic mass is 10.1. The topological polar surface area (TPSA) is 130 Å². The van der Waals surface area contributed by atoms with Crippen molar-refractivity contribution < 1.29 is 14.3 Å². The number of aromatic nitrogens is 3. The van der Waals surface area contributed by atoms with E-state index in [1.165, 1.54) is 0 Å². The molecule has 1 saturated carbocycles. The first kappa shape index (κ1) is 27.1. The first-order valence-electron chi connectivity index (χ1n) is 13.3. The highest BCUT2D eigenvalue weighted by molar-refractivity contribution is 5.95. The molecule has 5 rings (SSSR count). The molecular formula is C30H37N7O3. The van der Waals surface area contributed by atoms with Gasteiger partial charge in [0.05, 0.1) is 35.4 Å². The molecule has 2 aromatic carbocycles. The fraction of sp³-hybridized carbons (Fsp3) is 0.367. The molecule has 210 valence electrons. The van der Waals surface area contributed by atoms with Crippen LogP contribution in [0.4, 0.5) is 27.8 Å². The van der Waals surface area contributed by atoms with Gasteiger partial charge in [-0.3, -0.25) is 0 Å². The van der Waals surface area contributed by atoms with Crippen LogP contribution in [0.25, 0.3) is 22.2 Å². The van der Waals surface area contributed by atoms with Gasteiger partial charge in [-0.15, -0.1) is 0 Å². The van der Waals surface area contributed by atoms with Gasteiger partial charge in [0, 0.05) is 48.5 Å². The molecule has 1 fully saturated rings. The van der Waals surface area contributed by atoms with Crippen LogP contribution in [0.3, 0.4) is 0 Å². The lowest BCUT2D eigenvalue weighted by molar-refractivity contribution is 0.0498. The average Bonchev–Trinajstić information content (AvgIpc) is 3.48. The van der Waals surface area contributed by atoms with Gasteiger partial charge >= 0.3 is 6.09 Å². The number of nitrogens with zero attached hydrogens (tertiary/aromatic N) is 3. The number of rotatable bonds is 8. The standard InChI is InChI=1S/C30H37N7O3/c1-18-15-33-27(35-26(18)20-16-32-22-10-8-7-9-19(20)22)34-23-13-21(31)24(14-25(23)39-6)37(5)17-30(11-12-30)36-28(38)40-29(2,3)4/h7-10,13-16,32H,11-12,17,31H2,1-6H3,(H,36,38)(H,33,34,35). The maximum Gasteiger partial charge on any atom is 0.408 e. The number of nitrogen functional groups attached to an aromatic ring is 1. The molecular weight excluding hydrogens is 506 g/mol. The number of aromatic amines is 1. The van der Waals surface area contributed by atoms with Crippen LogP contribution >= 0.6 is 0 Å². The second-order valence-corrected chi connectivity index (χ2v) is 11.5. The van der Waals surface area contributed by atoms with E-state index < -0.39 is 11.7 Å². The predicted molar refractivity (Wildman–Crippen MR) is 159 cm³/mol. The number of nitrogens with two attached hydrogens (primary N) is 1. The Morgan fingerprint density at radius 2 is 1.98 bits per heavy atom. The van der Waals surface area contributed by atoms with Crippen molar-refractivity contribution in [2.24, 2.45) is 0 Å². The van der Waals surface area contributed by atoms with Crippen molar-refractivity contribution in [1.29, 1.82) is 0 Å². The summed E-state index contributed by atoms with van der Waals surface area (Å²) in [4.78, 5) is 27.1. The van der Waals surface area contributed by atoms with Crippen molar-refractivity contribution in [2.75, 3.05) is 36.7 Å². The monoisotopic (exact) mass is 543 g/mol. The minimum Gasteiger partial charge on any atom is -0.494 e. The maximum absolute atomic E-state index is 12.4. The summed E-state index contributed by atoms with van der Waals surface area (Å²) < 4.78 is 11.2. The molecule has 5 N–H and O–H groups in total. The van der Waals surface area contributed by atoms with Crippen LogP contribution in [0.2, 0.25) is 0 Å². The van der Waals surface area contributed by atoms with Crippen molar-refractivity contribution in [3.8, 4) is 17.0 Å². The number of anilines is 4. The van der Waals surface area contributed by atoms with Gasteiger partial charge in [0.25, 0.3) is 0 Å². The number of aryl methyl sites for hydroxylation is 1. The van der Waals surface area contributed by atoms with Crippen LogP contribution in [0.15, 0.2) is 48.8 Å². The number of hydrogen-bond acceptors (Lipinski definition) is 8. The van der Waals surface area contributed by atoms with Crippen molar-refractivity contribution in [3.63, 3.8) is 0 Å². The summed E-state index contributed by atoms with van der Waals surface area (Å²) in [5, 5.41) is 7.43. The minimum atomic E-state index is -0.552. The highest BCUT2D eigenvalue weighted by atomic mass is 16.6. The number of amides is 1. The van der Waals surface area contributed by atoms with Gasteiger partial charge in [-0.1, -0.05) is 18.2 Å². The van der Waals surface area contributed by atoms with Crippen molar-refractivity contribution in [2.45, 2.75) is 51.7 Å². The van der Waals surface area contributed by atoms with Crippen LogP contribution < -0.4 is 26.0 Å². The van der Waals surface area contributed by atoms with Gasteiger partial charge in [-0.05, 0) is 58.2 Å². The fourth-order valence-electron chi connectivity index (χ4n) is 4.88. The molecule has 1 amide bonds. The molecule has 2 heterocycles. The van der Waals surface area contributed by atoms with E-state index in [4.69, 9.17) is 20.2 Å². The Labute approximate surface area is 234 Å². The van der Waals surface area contributed by atoms with Gasteiger partial charge < -0.3 is 35.7 Å².